The maximum atomic E-state index is 11.9. The first-order valence-corrected chi connectivity index (χ1v) is 12.3. The molecule has 0 fully saturated rings. The molecule has 8 nitrogen and oxygen atoms in total. The number of unbranched alkanes of at least 4 members (excludes halogenated alkanes) is 1. The minimum Gasteiger partial charge on any atom is -0.465 e. The average Bonchev–Trinajstić information content (AvgIpc) is 2.79. The summed E-state index contributed by atoms with van der Waals surface area (Å²) in [6.45, 7) is 11.2. The zero-order valence-electron chi connectivity index (χ0n) is 20.7. The van der Waals surface area contributed by atoms with Gasteiger partial charge in [-0.3, -0.25) is 9.59 Å². The van der Waals surface area contributed by atoms with Crippen LogP contribution in [0.4, 0.5) is 0 Å². The van der Waals surface area contributed by atoms with Gasteiger partial charge in [0.25, 0.3) is 0 Å². The maximum Gasteiger partial charge on any atom is 0.305 e. The molecule has 0 unspecified atom stereocenters. The number of carbonyl (C=O) groups excluding carboxylic acids is 2. The number of esters is 2. The minimum absolute atomic E-state index is 0.264. The Bertz CT molecular complexity index is 388. The zero-order chi connectivity index (χ0) is 23.9. The van der Waals surface area contributed by atoms with Crippen LogP contribution in [0.2, 0.25) is 0 Å². The van der Waals surface area contributed by atoms with Gasteiger partial charge in [0.05, 0.1) is 13.2 Å². The molecule has 0 N–H and O–H groups in total. The fraction of sp³-hybridized carbons (Fsp3) is 0.917. The van der Waals surface area contributed by atoms with Crippen molar-refractivity contribution in [1.29, 1.82) is 0 Å². The van der Waals surface area contributed by atoms with E-state index in [1.807, 2.05) is 27.7 Å². The van der Waals surface area contributed by atoms with Crippen LogP contribution in [-0.2, 0) is 38.0 Å². The molecule has 0 bridgehead atoms. The molecule has 0 aliphatic rings. The van der Waals surface area contributed by atoms with Gasteiger partial charge in [-0.2, -0.15) is 0 Å². The summed E-state index contributed by atoms with van der Waals surface area (Å²) in [7, 11) is 0. The summed E-state index contributed by atoms with van der Waals surface area (Å²) in [4.78, 5) is 23.7. The van der Waals surface area contributed by atoms with E-state index in [2.05, 4.69) is 0 Å². The Morgan fingerprint density at radius 1 is 0.531 bits per heavy atom. The molecule has 0 aliphatic carbocycles. The quantitative estimate of drug-likeness (QED) is 0.122. The molecule has 0 saturated heterocycles. The van der Waals surface area contributed by atoms with Crippen molar-refractivity contribution >= 4 is 11.9 Å². The SMILES string of the molecule is CCCOC(CCOC(=O)CCCCC(=O)OCCC(OCCC)OCCC)OCCC. The van der Waals surface area contributed by atoms with Crippen LogP contribution in [0, 0.1) is 0 Å². The van der Waals surface area contributed by atoms with Crippen molar-refractivity contribution in [1.82, 2.24) is 0 Å². The molecule has 0 aliphatic heterocycles. The zero-order valence-corrected chi connectivity index (χ0v) is 20.7. The van der Waals surface area contributed by atoms with Crippen molar-refractivity contribution < 1.29 is 38.0 Å². The summed E-state index contributed by atoms with van der Waals surface area (Å²) in [5.41, 5.74) is 0. The number of hydrogen-bond donors (Lipinski definition) is 0. The van der Waals surface area contributed by atoms with Crippen molar-refractivity contribution in [2.75, 3.05) is 39.6 Å². The number of hydrogen-bond acceptors (Lipinski definition) is 8. The highest BCUT2D eigenvalue weighted by Gasteiger charge is 2.13. The molecule has 0 aromatic heterocycles. The predicted molar refractivity (Wildman–Crippen MR) is 122 cm³/mol. The molecular weight excluding hydrogens is 416 g/mol. The third-order valence-electron chi connectivity index (χ3n) is 4.28. The monoisotopic (exact) mass is 462 g/mol. The van der Waals surface area contributed by atoms with Crippen molar-refractivity contribution in [3.8, 4) is 0 Å². The molecule has 190 valence electrons. The molecule has 32 heavy (non-hydrogen) atoms. The van der Waals surface area contributed by atoms with E-state index in [0.717, 1.165) is 25.7 Å². The Labute approximate surface area is 194 Å². The Morgan fingerprint density at radius 3 is 1.12 bits per heavy atom. The van der Waals surface area contributed by atoms with E-state index in [0.29, 0.717) is 52.1 Å². The van der Waals surface area contributed by atoms with E-state index in [1.165, 1.54) is 0 Å². The first-order valence-electron chi connectivity index (χ1n) is 12.3. The number of ether oxygens (including phenoxy) is 6. The van der Waals surface area contributed by atoms with E-state index in [1.54, 1.807) is 0 Å². The largest absolute Gasteiger partial charge is 0.465 e. The summed E-state index contributed by atoms with van der Waals surface area (Å²) < 4.78 is 32.9. The van der Waals surface area contributed by atoms with E-state index in [4.69, 9.17) is 28.4 Å². The molecule has 0 atom stereocenters. The maximum absolute atomic E-state index is 11.9. The highest BCUT2D eigenvalue weighted by molar-refractivity contribution is 5.70. The van der Waals surface area contributed by atoms with Crippen LogP contribution in [0.25, 0.3) is 0 Å². The van der Waals surface area contributed by atoms with Crippen LogP contribution in [-0.4, -0.2) is 64.2 Å². The summed E-state index contributed by atoms with van der Waals surface area (Å²) in [5, 5.41) is 0. The third kappa shape index (κ3) is 19.5. The predicted octanol–water partition coefficient (Wildman–Crippen LogP) is 4.77. The molecule has 0 rings (SSSR count). The smallest absolute Gasteiger partial charge is 0.305 e. The molecule has 0 aromatic rings. The van der Waals surface area contributed by atoms with Gasteiger partial charge in [-0.05, 0) is 38.5 Å². The third-order valence-corrected chi connectivity index (χ3v) is 4.28. The molecule has 0 radical (unpaired) electrons. The second-order valence-corrected chi connectivity index (χ2v) is 7.57. The molecule has 0 saturated carbocycles. The van der Waals surface area contributed by atoms with Gasteiger partial charge < -0.3 is 28.4 Å². The summed E-state index contributed by atoms with van der Waals surface area (Å²) in [6, 6.07) is 0. The molecule has 0 heterocycles. The molecule has 8 heteroatoms. The van der Waals surface area contributed by atoms with Crippen molar-refractivity contribution in [2.45, 2.75) is 104 Å². The van der Waals surface area contributed by atoms with Crippen LogP contribution in [0.5, 0.6) is 0 Å². The van der Waals surface area contributed by atoms with Crippen LogP contribution in [0.15, 0.2) is 0 Å². The molecule has 0 aromatic carbocycles. The Kier molecular flexibility index (Phi) is 22.1. The summed E-state index contributed by atoms with van der Waals surface area (Å²) in [5.74, 6) is -0.542. The summed E-state index contributed by atoms with van der Waals surface area (Å²) >= 11 is 0. The van der Waals surface area contributed by atoms with Gasteiger partial charge in [0, 0.05) is 52.1 Å². The van der Waals surface area contributed by atoms with Gasteiger partial charge in [0.15, 0.2) is 12.6 Å². The van der Waals surface area contributed by atoms with Gasteiger partial charge in [0.2, 0.25) is 0 Å². The van der Waals surface area contributed by atoms with E-state index in [-0.39, 0.29) is 50.6 Å². The first kappa shape index (κ1) is 30.8. The van der Waals surface area contributed by atoms with E-state index >= 15 is 0 Å². The van der Waals surface area contributed by atoms with Gasteiger partial charge in [-0.25, -0.2) is 0 Å². The lowest BCUT2D eigenvalue weighted by atomic mass is 10.2. The fourth-order valence-electron chi connectivity index (χ4n) is 2.65. The van der Waals surface area contributed by atoms with E-state index < -0.39 is 0 Å². The van der Waals surface area contributed by atoms with Gasteiger partial charge in [-0.1, -0.05) is 27.7 Å². The highest BCUT2D eigenvalue weighted by atomic mass is 16.7. The van der Waals surface area contributed by atoms with Gasteiger partial charge >= 0.3 is 11.9 Å². The Hall–Kier alpha value is -1.22. The normalized spacial score (nSPS) is 11.3. The standard InChI is InChI=1S/C24H46O8/c1-5-15-29-23(30-16-6-2)13-19-27-21(25)11-9-10-12-22(26)28-20-14-24(31-17-7-3)32-18-8-4/h23-24H,5-20H2,1-4H3. The van der Waals surface area contributed by atoms with Crippen molar-refractivity contribution in [3.05, 3.63) is 0 Å². The Morgan fingerprint density at radius 2 is 0.844 bits per heavy atom. The number of carbonyl (C=O) groups is 2. The second-order valence-electron chi connectivity index (χ2n) is 7.57. The lowest BCUT2D eigenvalue weighted by Gasteiger charge is -2.18. The topological polar surface area (TPSA) is 89.5 Å². The molecule has 0 spiro atoms. The van der Waals surface area contributed by atoms with Crippen LogP contribution >= 0.6 is 0 Å². The van der Waals surface area contributed by atoms with Gasteiger partial charge in [-0.15, -0.1) is 0 Å². The fourth-order valence-corrected chi connectivity index (χ4v) is 2.65. The van der Waals surface area contributed by atoms with Crippen molar-refractivity contribution in [2.24, 2.45) is 0 Å². The van der Waals surface area contributed by atoms with Crippen molar-refractivity contribution in [3.63, 3.8) is 0 Å². The lowest BCUT2D eigenvalue weighted by Crippen LogP contribution is -2.21. The Balaban J connectivity index is 3.84. The molecular formula is C24H46O8. The van der Waals surface area contributed by atoms with Crippen LogP contribution in [0.3, 0.4) is 0 Å². The average molecular weight is 463 g/mol. The van der Waals surface area contributed by atoms with Gasteiger partial charge in [0.1, 0.15) is 0 Å². The van der Waals surface area contributed by atoms with Crippen LogP contribution in [0.1, 0.15) is 91.9 Å². The van der Waals surface area contributed by atoms with E-state index in [9.17, 15) is 9.59 Å². The number of rotatable bonds is 23. The minimum atomic E-state index is -0.336. The summed E-state index contributed by atoms with van der Waals surface area (Å²) in [6.07, 6.45) is 5.72. The van der Waals surface area contributed by atoms with Crippen LogP contribution < -0.4 is 0 Å². The first-order chi connectivity index (χ1) is 15.6. The highest BCUT2D eigenvalue weighted by Crippen LogP contribution is 2.08. The molecule has 0 amide bonds. The second kappa shape index (κ2) is 23.0. The lowest BCUT2D eigenvalue weighted by molar-refractivity contribution is -0.162.